The molecule has 2 fully saturated rings. The smallest absolute Gasteiger partial charge is 0.292 e. The molecule has 0 aliphatic carbocycles. The number of halogens is 1. The van der Waals surface area contributed by atoms with E-state index in [1.807, 2.05) is 30.3 Å². The third-order valence-corrected chi connectivity index (χ3v) is 6.47. The monoisotopic (exact) mass is 473 g/mol. The first-order chi connectivity index (χ1) is 15.0. The van der Waals surface area contributed by atoms with Gasteiger partial charge in [-0.15, -0.1) is 10.2 Å². The molecule has 2 aromatic rings. The molecule has 158 valence electrons. The predicted octanol–water partition coefficient (Wildman–Crippen LogP) is 3.94. The fourth-order valence-electron chi connectivity index (χ4n) is 2.87. The standard InChI is InChI=1S/C20H16ClN5O3S2/c21-12-6-8-13(9-7-12)22-17(27)10-15-18(28)23-19(31-15)25-24-16-11-30-20(29)26(16)14-4-2-1-3-5-14/h1-9,15H,10-11H2,(H,22,27)(H,23,25,28)/b24-16+. The average molecular weight is 474 g/mol. The Hall–Kier alpha value is -2.82. The van der Waals surface area contributed by atoms with Gasteiger partial charge in [-0.2, -0.15) is 0 Å². The molecule has 1 unspecified atom stereocenters. The van der Waals surface area contributed by atoms with E-state index >= 15 is 0 Å². The van der Waals surface area contributed by atoms with Gasteiger partial charge < -0.3 is 10.6 Å². The topological polar surface area (TPSA) is 103 Å². The van der Waals surface area contributed by atoms with E-state index in [-0.39, 0.29) is 23.5 Å². The molecule has 2 aliphatic heterocycles. The van der Waals surface area contributed by atoms with Crippen molar-refractivity contribution in [2.24, 2.45) is 10.2 Å². The number of carbonyl (C=O) groups excluding carboxylic acids is 3. The third-order valence-electron chi connectivity index (χ3n) is 4.31. The Morgan fingerprint density at radius 2 is 1.87 bits per heavy atom. The van der Waals surface area contributed by atoms with E-state index in [1.165, 1.54) is 4.90 Å². The lowest BCUT2D eigenvalue weighted by Crippen LogP contribution is -2.29. The normalized spacial score (nSPS) is 21.1. The summed E-state index contributed by atoms with van der Waals surface area (Å²) in [6.45, 7) is 0. The summed E-state index contributed by atoms with van der Waals surface area (Å²) >= 11 is 8.10. The maximum Gasteiger partial charge on any atom is 0.292 e. The number of nitrogens with one attached hydrogen (secondary N) is 2. The fraction of sp³-hybridized carbons (Fsp3) is 0.150. The van der Waals surface area contributed by atoms with Gasteiger partial charge in [0.05, 0.1) is 11.4 Å². The summed E-state index contributed by atoms with van der Waals surface area (Å²) in [6.07, 6.45) is -0.0147. The molecule has 2 aromatic carbocycles. The van der Waals surface area contributed by atoms with Crippen molar-refractivity contribution < 1.29 is 14.4 Å². The van der Waals surface area contributed by atoms with E-state index in [2.05, 4.69) is 20.8 Å². The zero-order valence-corrected chi connectivity index (χ0v) is 18.3. The first kappa shape index (κ1) is 21.4. The molecular weight excluding hydrogens is 458 g/mol. The summed E-state index contributed by atoms with van der Waals surface area (Å²) in [7, 11) is 0. The highest BCUT2D eigenvalue weighted by atomic mass is 35.5. The molecule has 0 saturated carbocycles. The number of thioether (sulfide) groups is 2. The highest BCUT2D eigenvalue weighted by molar-refractivity contribution is 8.15. The number of amides is 3. The Morgan fingerprint density at radius 3 is 2.61 bits per heavy atom. The number of carbonyl (C=O) groups is 3. The Labute approximate surface area is 191 Å². The first-order valence-electron chi connectivity index (χ1n) is 9.19. The molecule has 8 nitrogen and oxygen atoms in total. The second kappa shape index (κ2) is 9.54. The molecule has 2 aliphatic rings. The number of hydrogen-bond acceptors (Lipinski definition) is 7. The summed E-state index contributed by atoms with van der Waals surface area (Å²) < 4.78 is 0. The van der Waals surface area contributed by atoms with Crippen molar-refractivity contribution >= 4 is 74.6 Å². The molecule has 1 atom stereocenters. The van der Waals surface area contributed by atoms with E-state index < -0.39 is 5.25 Å². The van der Waals surface area contributed by atoms with Crippen molar-refractivity contribution in [3.63, 3.8) is 0 Å². The van der Waals surface area contributed by atoms with E-state index in [1.54, 1.807) is 24.3 Å². The quantitative estimate of drug-likeness (QED) is 0.640. The Bertz CT molecular complexity index is 1080. The molecule has 0 spiro atoms. The van der Waals surface area contributed by atoms with Crippen molar-refractivity contribution in [1.82, 2.24) is 5.32 Å². The van der Waals surface area contributed by atoms with Crippen molar-refractivity contribution in [1.29, 1.82) is 0 Å². The largest absolute Gasteiger partial charge is 0.326 e. The second-order valence-electron chi connectivity index (χ2n) is 6.50. The van der Waals surface area contributed by atoms with Crippen LogP contribution in [0.15, 0.2) is 64.8 Å². The zero-order valence-electron chi connectivity index (χ0n) is 15.9. The second-order valence-corrected chi connectivity index (χ2v) is 9.06. The van der Waals surface area contributed by atoms with Gasteiger partial charge in [0, 0.05) is 17.1 Å². The van der Waals surface area contributed by atoms with Gasteiger partial charge in [0.2, 0.25) is 11.8 Å². The predicted molar refractivity (Wildman–Crippen MR) is 126 cm³/mol. The molecule has 2 heterocycles. The van der Waals surface area contributed by atoms with Gasteiger partial charge in [-0.1, -0.05) is 53.3 Å². The van der Waals surface area contributed by atoms with E-state index in [0.717, 1.165) is 23.5 Å². The molecule has 3 amide bonds. The van der Waals surface area contributed by atoms with E-state index in [9.17, 15) is 14.4 Å². The lowest BCUT2D eigenvalue weighted by atomic mass is 10.2. The van der Waals surface area contributed by atoms with Gasteiger partial charge in [0.25, 0.3) is 5.24 Å². The van der Waals surface area contributed by atoms with Crippen molar-refractivity contribution in [3.05, 3.63) is 59.6 Å². The third kappa shape index (κ3) is 5.27. The van der Waals surface area contributed by atoms with Crippen LogP contribution in [0.3, 0.4) is 0 Å². The lowest BCUT2D eigenvalue weighted by molar-refractivity contribution is -0.122. The molecule has 4 rings (SSSR count). The van der Waals surface area contributed by atoms with Crippen LogP contribution in [0.1, 0.15) is 6.42 Å². The molecule has 0 aromatic heterocycles. The molecular formula is C20H16ClN5O3S2. The van der Waals surface area contributed by atoms with Crippen molar-refractivity contribution in [3.8, 4) is 0 Å². The number of hydrogen-bond donors (Lipinski definition) is 2. The summed E-state index contributed by atoms with van der Waals surface area (Å²) in [4.78, 5) is 38.2. The van der Waals surface area contributed by atoms with Crippen LogP contribution in [0.4, 0.5) is 16.2 Å². The fourth-order valence-corrected chi connectivity index (χ4v) is 4.69. The lowest BCUT2D eigenvalue weighted by Gasteiger charge is -2.14. The van der Waals surface area contributed by atoms with Crippen molar-refractivity contribution in [2.75, 3.05) is 16.0 Å². The van der Waals surface area contributed by atoms with Crippen LogP contribution in [0, 0.1) is 0 Å². The van der Waals surface area contributed by atoms with E-state index in [0.29, 0.717) is 33.2 Å². The SMILES string of the molecule is O=C(CC1S/C(=N/N=C2\CSC(=O)N2c2ccccc2)NC1=O)Nc1ccc(Cl)cc1. The van der Waals surface area contributed by atoms with Crippen LogP contribution >= 0.6 is 35.1 Å². The number of anilines is 2. The minimum atomic E-state index is -0.615. The molecule has 2 saturated heterocycles. The number of nitrogens with zero attached hydrogens (tertiary/aromatic N) is 3. The number of benzene rings is 2. The Morgan fingerprint density at radius 1 is 1.13 bits per heavy atom. The molecule has 2 N–H and O–H groups in total. The molecule has 0 radical (unpaired) electrons. The number of amidine groups is 2. The zero-order chi connectivity index (χ0) is 21.8. The van der Waals surface area contributed by atoms with Crippen molar-refractivity contribution in [2.45, 2.75) is 11.7 Å². The van der Waals surface area contributed by atoms with Crippen LogP contribution in [-0.2, 0) is 9.59 Å². The van der Waals surface area contributed by atoms with Gasteiger partial charge in [0.15, 0.2) is 5.17 Å². The van der Waals surface area contributed by atoms with Crippen LogP contribution in [-0.4, -0.2) is 39.1 Å². The number of rotatable bonds is 5. The molecule has 31 heavy (non-hydrogen) atoms. The maximum absolute atomic E-state index is 12.3. The maximum atomic E-state index is 12.3. The summed E-state index contributed by atoms with van der Waals surface area (Å²) in [6, 6.07) is 15.9. The van der Waals surface area contributed by atoms with Gasteiger partial charge in [-0.05, 0) is 36.4 Å². The first-order valence-corrected chi connectivity index (χ1v) is 11.4. The van der Waals surface area contributed by atoms with Crippen LogP contribution in [0.5, 0.6) is 0 Å². The summed E-state index contributed by atoms with van der Waals surface area (Å²) in [5, 5.41) is 13.7. The summed E-state index contributed by atoms with van der Waals surface area (Å²) in [5.41, 5.74) is 1.30. The van der Waals surface area contributed by atoms with Crippen LogP contribution in [0.2, 0.25) is 5.02 Å². The van der Waals surface area contributed by atoms with Crippen LogP contribution < -0.4 is 15.5 Å². The highest BCUT2D eigenvalue weighted by Crippen LogP contribution is 2.28. The number of para-hydroxylation sites is 1. The minimum absolute atomic E-state index is 0.0147. The van der Waals surface area contributed by atoms with Gasteiger partial charge in [-0.3, -0.25) is 19.3 Å². The Balaban J connectivity index is 1.40. The van der Waals surface area contributed by atoms with Gasteiger partial charge in [-0.25, -0.2) is 0 Å². The molecule has 0 bridgehead atoms. The van der Waals surface area contributed by atoms with Crippen LogP contribution in [0.25, 0.3) is 0 Å². The summed E-state index contributed by atoms with van der Waals surface area (Å²) in [5.74, 6) is 0.255. The Kier molecular flexibility index (Phi) is 6.59. The van der Waals surface area contributed by atoms with E-state index in [4.69, 9.17) is 11.6 Å². The van der Waals surface area contributed by atoms with Gasteiger partial charge in [0.1, 0.15) is 11.1 Å². The molecule has 11 heteroatoms. The highest BCUT2D eigenvalue weighted by Gasteiger charge is 2.33. The average Bonchev–Trinajstić information content (AvgIpc) is 3.30. The minimum Gasteiger partial charge on any atom is -0.326 e. The van der Waals surface area contributed by atoms with Gasteiger partial charge >= 0.3 is 0 Å².